The van der Waals surface area contributed by atoms with Gasteiger partial charge < -0.3 is 10.1 Å². The predicted octanol–water partition coefficient (Wildman–Crippen LogP) is 2.74. The smallest absolute Gasteiger partial charge is 0.137 e. The Balaban J connectivity index is 1.49. The summed E-state index contributed by atoms with van der Waals surface area (Å²) in [5, 5.41) is 7.89. The third-order valence-corrected chi connectivity index (χ3v) is 4.34. The molecule has 24 heavy (non-hydrogen) atoms. The second-order valence-corrected chi connectivity index (χ2v) is 6.00. The van der Waals surface area contributed by atoms with E-state index >= 15 is 0 Å². The van der Waals surface area contributed by atoms with Gasteiger partial charge in [-0.15, -0.1) is 0 Å². The molecule has 3 aromatic rings. The summed E-state index contributed by atoms with van der Waals surface area (Å²) in [5.74, 6) is 1.03. The summed E-state index contributed by atoms with van der Waals surface area (Å²) in [4.78, 5) is 4.04. The van der Waals surface area contributed by atoms with E-state index in [0.29, 0.717) is 0 Å². The van der Waals surface area contributed by atoms with Crippen molar-refractivity contribution in [3.63, 3.8) is 0 Å². The van der Waals surface area contributed by atoms with E-state index in [1.54, 1.807) is 12.7 Å². The number of rotatable bonds is 6. The molecule has 1 aliphatic rings. The number of ether oxygens (including phenoxy) is 1. The van der Waals surface area contributed by atoms with Gasteiger partial charge in [-0.1, -0.05) is 42.5 Å². The molecule has 0 saturated heterocycles. The summed E-state index contributed by atoms with van der Waals surface area (Å²) >= 11 is 0. The van der Waals surface area contributed by atoms with E-state index in [1.807, 2.05) is 10.7 Å². The zero-order valence-corrected chi connectivity index (χ0v) is 13.4. The average molecular weight is 320 g/mol. The van der Waals surface area contributed by atoms with Gasteiger partial charge in [0.2, 0.25) is 0 Å². The SMILES string of the molecule is c1ccc([C@H](Cn2cncn2)NCc2ccc3c(c2)CCO3)cc1. The standard InChI is InChI=1S/C19H20N4O/c1-2-4-16(5-3-1)18(12-23-14-20-13-22-23)21-11-15-6-7-19-17(10-15)8-9-24-19/h1-7,10,13-14,18,21H,8-9,11-12H2/t18-/m0/s1. The highest BCUT2D eigenvalue weighted by Crippen LogP contribution is 2.26. The van der Waals surface area contributed by atoms with Crippen molar-refractivity contribution in [2.75, 3.05) is 6.61 Å². The van der Waals surface area contributed by atoms with Crippen LogP contribution in [-0.2, 0) is 19.5 Å². The molecular formula is C19H20N4O. The zero-order chi connectivity index (χ0) is 16.2. The molecule has 0 saturated carbocycles. The monoisotopic (exact) mass is 320 g/mol. The highest BCUT2D eigenvalue weighted by Gasteiger charge is 2.14. The summed E-state index contributed by atoms with van der Waals surface area (Å²) in [6.07, 6.45) is 4.33. The van der Waals surface area contributed by atoms with Crippen LogP contribution in [0.5, 0.6) is 5.75 Å². The minimum atomic E-state index is 0.178. The van der Waals surface area contributed by atoms with E-state index in [-0.39, 0.29) is 6.04 Å². The quantitative estimate of drug-likeness (QED) is 0.759. The third kappa shape index (κ3) is 3.31. The first-order valence-corrected chi connectivity index (χ1v) is 8.24. The number of hydrogen-bond acceptors (Lipinski definition) is 4. The normalized spacial score (nSPS) is 14.2. The van der Waals surface area contributed by atoms with E-state index in [0.717, 1.165) is 31.9 Å². The van der Waals surface area contributed by atoms with Crippen LogP contribution in [0.1, 0.15) is 22.7 Å². The molecule has 1 aliphatic heterocycles. The molecule has 0 bridgehead atoms. The maximum atomic E-state index is 5.58. The van der Waals surface area contributed by atoms with Crippen LogP contribution in [0.2, 0.25) is 0 Å². The van der Waals surface area contributed by atoms with E-state index in [9.17, 15) is 0 Å². The molecule has 4 rings (SSSR count). The average Bonchev–Trinajstić information content (AvgIpc) is 3.30. The van der Waals surface area contributed by atoms with Crippen LogP contribution in [0.4, 0.5) is 0 Å². The first kappa shape index (κ1) is 14.9. The van der Waals surface area contributed by atoms with Crippen molar-refractivity contribution in [2.45, 2.75) is 25.6 Å². The number of nitrogens with one attached hydrogen (secondary N) is 1. The Bertz CT molecular complexity index is 786. The Morgan fingerprint density at radius 1 is 1.17 bits per heavy atom. The molecule has 5 heteroatoms. The summed E-state index contributed by atoms with van der Waals surface area (Å²) in [5.41, 5.74) is 3.83. The minimum Gasteiger partial charge on any atom is -0.493 e. The van der Waals surface area contributed by atoms with Crippen molar-refractivity contribution in [1.82, 2.24) is 20.1 Å². The lowest BCUT2D eigenvalue weighted by molar-refractivity contribution is 0.357. The Morgan fingerprint density at radius 3 is 2.92 bits per heavy atom. The Morgan fingerprint density at radius 2 is 2.08 bits per heavy atom. The van der Waals surface area contributed by atoms with Gasteiger partial charge in [-0.05, 0) is 22.8 Å². The molecule has 1 atom stereocenters. The third-order valence-electron chi connectivity index (χ3n) is 4.34. The number of aromatic nitrogens is 3. The van der Waals surface area contributed by atoms with Crippen molar-refractivity contribution >= 4 is 0 Å². The van der Waals surface area contributed by atoms with Crippen LogP contribution in [0.3, 0.4) is 0 Å². The maximum absolute atomic E-state index is 5.58. The fraction of sp³-hybridized carbons (Fsp3) is 0.263. The second kappa shape index (κ2) is 6.84. The molecule has 0 aliphatic carbocycles. The van der Waals surface area contributed by atoms with Crippen LogP contribution in [0, 0.1) is 0 Å². The molecule has 0 spiro atoms. The van der Waals surface area contributed by atoms with Crippen LogP contribution < -0.4 is 10.1 Å². The topological polar surface area (TPSA) is 52.0 Å². The van der Waals surface area contributed by atoms with Gasteiger partial charge in [0.05, 0.1) is 19.2 Å². The van der Waals surface area contributed by atoms with Gasteiger partial charge >= 0.3 is 0 Å². The summed E-state index contributed by atoms with van der Waals surface area (Å²) in [7, 11) is 0. The Labute approximate surface area is 141 Å². The minimum absolute atomic E-state index is 0.178. The zero-order valence-electron chi connectivity index (χ0n) is 13.4. The first-order valence-electron chi connectivity index (χ1n) is 8.24. The maximum Gasteiger partial charge on any atom is 0.137 e. The molecule has 0 unspecified atom stereocenters. The molecule has 1 aromatic heterocycles. The van der Waals surface area contributed by atoms with Crippen LogP contribution in [0.15, 0.2) is 61.2 Å². The van der Waals surface area contributed by atoms with Crippen molar-refractivity contribution in [2.24, 2.45) is 0 Å². The fourth-order valence-corrected chi connectivity index (χ4v) is 3.08. The summed E-state index contributed by atoms with van der Waals surface area (Å²) in [6, 6.07) is 17.1. The molecule has 2 aromatic carbocycles. The van der Waals surface area contributed by atoms with Gasteiger partial charge in [-0.2, -0.15) is 5.10 Å². The van der Waals surface area contributed by atoms with Crippen molar-refractivity contribution in [1.29, 1.82) is 0 Å². The number of hydrogen-bond donors (Lipinski definition) is 1. The lowest BCUT2D eigenvalue weighted by atomic mass is 10.1. The van der Waals surface area contributed by atoms with E-state index in [1.165, 1.54) is 16.7 Å². The summed E-state index contributed by atoms with van der Waals surface area (Å²) in [6.45, 7) is 2.35. The van der Waals surface area contributed by atoms with Crippen LogP contribution in [0.25, 0.3) is 0 Å². The second-order valence-electron chi connectivity index (χ2n) is 6.00. The molecule has 2 heterocycles. The predicted molar refractivity (Wildman–Crippen MR) is 91.7 cm³/mol. The lowest BCUT2D eigenvalue weighted by Gasteiger charge is -2.19. The van der Waals surface area contributed by atoms with Gasteiger partial charge in [0.1, 0.15) is 18.4 Å². The number of benzene rings is 2. The summed E-state index contributed by atoms with van der Waals surface area (Å²) < 4.78 is 7.44. The Hall–Kier alpha value is -2.66. The van der Waals surface area contributed by atoms with Gasteiger partial charge in [-0.25, -0.2) is 4.98 Å². The van der Waals surface area contributed by atoms with Gasteiger partial charge in [0.15, 0.2) is 0 Å². The molecule has 0 fully saturated rings. The van der Waals surface area contributed by atoms with Crippen molar-refractivity contribution in [3.05, 3.63) is 77.9 Å². The molecule has 122 valence electrons. The number of fused-ring (bicyclic) bond motifs is 1. The molecular weight excluding hydrogens is 300 g/mol. The van der Waals surface area contributed by atoms with E-state index < -0.39 is 0 Å². The van der Waals surface area contributed by atoms with Gasteiger partial charge in [-0.3, -0.25) is 4.68 Å². The fourth-order valence-electron chi connectivity index (χ4n) is 3.08. The molecule has 0 amide bonds. The molecule has 1 N–H and O–H groups in total. The van der Waals surface area contributed by atoms with Gasteiger partial charge in [0.25, 0.3) is 0 Å². The van der Waals surface area contributed by atoms with Crippen LogP contribution in [-0.4, -0.2) is 21.4 Å². The molecule has 5 nitrogen and oxygen atoms in total. The van der Waals surface area contributed by atoms with E-state index in [2.05, 4.69) is 57.9 Å². The first-order chi connectivity index (χ1) is 11.9. The number of nitrogens with zero attached hydrogens (tertiary/aromatic N) is 3. The van der Waals surface area contributed by atoms with E-state index in [4.69, 9.17) is 4.74 Å². The largest absolute Gasteiger partial charge is 0.493 e. The van der Waals surface area contributed by atoms with Gasteiger partial charge in [0, 0.05) is 13.0 Å². The van der Waals surface area contributed by atoms with Crippen molar-refractivity contribution in [3.8, 4) is 5.75 Å². The Kier molecular flexibility index (Phi) is 4.25. The molecule has 0 radical (unpaired) electrons. The highest BCUT2D eigenvalue weighted by atomic mass is 16.5. The highest BCUT2D eigenvalue weighted by molar-refractivity contribution is 5.39. The van der Waals surface area contributed by atoms with Crippen molar-refractivity contribution < 1.29 is 4.74 Å². The van der Waals surface area contributed by atoms with Crippen LogP contribution >= 0.6 is 0 Å². The lowest BCUT2D eigenvalue weighted by Crippen LogP contribution is -2.25.